The van der Waals surface area contributed by atoms with Crippen molar-refractivity contribution in [3.05, 3.63) is 30.3 Å². The van der Waals surface area contributed by atoms with Crippen LogP contribution in [0.3, 0.4) is 0 Å². The Balaban J connectivity index is 1.98. The van der Waals surface area contributed by atoms with Crippen molar-refractivity contribution in [1.82, 2.24) is 4.72 Å². The number of nitrogens with one attached hydrogen (secondary N) is 3. The third-order valence-electron chi connectivity index (χ3n) is 4.72. The van der Waals surface area contributed by atoms with Gasteiger partial charge in [-0.25, -0.2) is 8.42 Å². The number of piperidine rings is 1. The van der Waals surface area contributed by atoms with Crippen LogP contribution in [0.2, 0.25) is 0 Å². The minimum Gasteiger partial charge on any atom is -0.337 e. The fraction of sp³-hybridized carbons (Fsp3) is 0.647. The summed E-state index contributed by atoms with van der Waals surface area (Å²) in [5.41, 5.74) is -0.477. The van der Waals surface area contributed by atoms with E-state index < -0.39 is 15.6 Å². The Kier molecular flexibility index (Phi) is 5.84. The van der Waals surface area contributed by atoms with Gasteiger partial charge in [0, 0.05) is 12.8 Å². The van der Waals surface area contributed by atoms with E-state index in [9.17, 15) is 8.42 Å². The van der Waals surface area contributed by atoms with Gasteiger partial charge >= 0.3 is 0 Å². The number of rotatable bonds is 6. The number of likely N-dealkylation sites (tertiary alicyclic amines) is 1. The average Bonchev–Trinajstić information content (AvgIpc) is 2.47. The normalized spacial score (nSPS) is 24.3. The monoisotopic (exact) mass is 341 g/mol. The van der Waals surface area contributed by atoms with Crippen molar-refractivity contribution in [1.29, 1.82) is 0 Å². The van der Waals surface area contributed by atoms with E-state index in [0.29, 0.717) is 10.9 Å². The number of hydrogen-bond donors (Lipinski definition) is 3. The van der Waals surface area contributed by atoms with Crippen LogP contribution in [0, 0.1) is 0 Å². The number of benzene rings is 1. The predicted molar refractivity (Wildman–Crippen MR) is 92.2 cm³/mol. The van der Waals surface area contributed by atoms with Crippen molar-refractivity contribution >= 4 is 10.0 Å². The molecule has 0 saturated carbocycles. The van der Waals surface area contributed by atoms with Gasteiger partial charge < -0.3 is 9.80 Å². The van der Waals surface area contributed by atoms with E-state index in [1.807, 2.05) is 19.9 Å². The standard InChI is InChI=1S/C17H29N3O2S/c1-17(2,14-20(4)15-10-12-19(3)13-11-15)18-23(21,22)16-8-6-5-7-9-16/h5-9,15,18H,10-14H2,1-4H3/p+2. The first-order chi connectivity index (χ1) is 10.7. The average molecular weight is 342 g/mol. The van der Waals surface area contributed by atoms with Crippen LogP contribution in [0.25, 0.3) is 0 Å². The lowest BCUT2D eigenvalue weighted by Crippen LogP contribution is -3.19. The van der Waals surface area contributed by atoms with Crippen molar-refractivity contribution in [2.45, 2.75) is 43.2 Å². The molecule has 1 aromatic rings. The number of sulfonamides is 1. The lowest BCUT2D eigenvalue weighted by molar-refractivity contribution is -0.941. The van der Waals surface area contributed by atoms with E-state index in [-0.39, 0.29) is 0 Å². The zero-order valence-corrected chi connectivity index (χ0v) is 15.5. The Hall–Kier alpha value is -0.950. The maximum absolute atomic E-state index is 12.5. The Morgan fingerprint density at radius 1 is 1.22 bits per heavy atom. The quantitative estimate of drug-likeness (QED) is 0.618. The molecule has 0 spiro atoms. The van der Waals surface area contributed by atoms with Crippen LogP contribution in [0.4, 0.5) is 0 Å². The Morgan fingerprint density at radius 2 is 1.78 bits per heavy atom. The molecule has 0 bridgehead atoms. The van der Waals surface area contributed by atoms with Gasteiger partial charge in [-0.15, -0.1) is 0 Å². The highest BCUT2D eigenvalue weighted by Crippen LogP contribution is 2.11. The minimum atomic E-state index is -3.47. The summed E-state index contributed by atoms with van der Waals surface area (Å²) in [6, 6.07) is 9.21. The van der Waals surface area contributed by atoms with E-state index in [0.717, 1.165) is 6.54 Å². The lowest BCUT2D eigenvalue weighted by atomic mass is 10.0. The molecular formula is C17H31N3O2S+2. The Morgan fingerprint density at radius 3 is 2.35 bits per heavy atom. The summed E-state index contributed by atoms with van der Waals surface area (Å²) in [6.07, 6.45) is 2.42. The second-order valence-corrected chi connectivity index (χ2v) is 9.24. The zero-order chi connectivity index (χ0) is 17.1. The second-order valence-electron chi connectivity index (χ2n) is 7.56. The van der Waals surface area contributed by atoms with Crippen LogP contribution < -0.4 is 14.5 Å². The number of likely N-dealkylation sites (N-methyl/N-ethyl adjacent to an activating group) is 1. The molecule has 0 amide bonds. The molecular weight excluding hydrogens is 310 g/mol. The third kappa shape index (κ3) is 5.28. The van der Waals surface area contributed by atoms with Crippen LogP contribution in [-0.4, -0.2) is 53.7 Å². The molecule has 1 atom stereocenters. The Bertz CT molecular complexity index is 594. The van der Waals surface area contributed by atoms with Gasteiger partial charge in [-0.1, -0.05) is 18.2 Å². The summed E-state index contributed by atoms with van der Waals surface area (Å²) in [5, 5.41) is 0. The van der Waals surface area contributed by atoms with Crippen molar-refractivity contribution < 1.29 is 18.2 Å². The van der Waals surface area contributed by atoms with E-state index in [4.69, 9.17) is 0 Å². The second kappa shape index (κ2) is 7.30. The molecule has 0 aromatic heterocycles. The highest BCUT2D eigenvalue weighted by atomic mass is 32.2. The van der Waals surface area contributed by atoms with Gasteiger partial charge in [0.15, 0.2) is 0 Å². The summed E-state index contributed by atoms with van der Waals surface area (Å²) in [7, 11) is 0.953. The van der Waals surface area contributed by atoms with Crippen LogP contribution >= 0.6 is 0 Å². The first-order valence-corrected chi connectivity index (χ1v) is 9.90. The van der Waals surface area contributed by atoms with Gasteiger partial charge in [0.1, 0.15) is 0 Å². The topological polar surface area (TPSA) is 55.1 Å². The predicted octanol–water partition coefficient (Wildman–Crippen LogP) is -1.06. The molecule has 1 heterocycles. The zero-order valence-electron chi connectivity index (χ0n) is 14.7. The van der Waals surface area contributed by atoms with Crippen LogP contribution in [0.1, 0.15) is 26.7 Å². The maximum atomic E-state index is 12.5. The van der Waals surface area contributed by atoms with E-state index in [2.05, 4.69) is 18.8 Å². The lowest BCUT2D eigenvalue weighted by Gasteiger charge is -2.35. The summed E-state index contributed by atoms with van der Waals surface area (Å²) in [6.45, 7) is 7.13. The first-order valence-electron chi connectivity index (χ1n) is 8.42. The first kappa shape index (κ1) is 18.4. The Labute approximate surface area is 140 Å². The maximum Gasteiger partial charge on any atom is 0.241 e. The number of hydrogen-bond acceptors (Lipinski definition) is 2. The molecule has 1 unspecified atom stereocenters. The fourth-order valence-corrected chi connectivity index (χ4v) is 4.94. The largest absolute Gasteiger partial charge is 0.337 e. The molecule has 3 N–H and O–H groups in total. The smallest absolute Gasteiger partial charge is 0.241 e. The fourth-order valence-electron chi connectivity index (χ4n) is 3.50. The molecule has 0 aliphatic carbocycles. The van der Waals surface area contributed by atoms with Gasteiger partial charge in [-0.3, -0.25) is 0 Å². The molecule has 6 heteroatoms. The van der Waals surface area contributed by atoms with E-state index in [1.54, 1.807) is 29.2 Å². The third-order valence-corrected chi connectivity index (χ3v) is 6.44. The molecule has 130 valence electrons. The molecule has 0 radical (unpaired) electrons. The summed E-state index contributed by atoms with van der Waals surface area (Å²) < 4.78 is 27.9. The minimum absolute atomic E-state index is 0.327. The summed E-state index contributed by atoms with van der Waals surface area (Å²) in [5.74, 6) is 0. The molecule has 23 heavy (non-hydrogen) atoms. The molecule has 1 aromatic carbocycles. The van der Waals surface area contributed by atoms with E-state index in [1.165, 1.54) is 30.8 Å². The highest BCUT2D eigenvalue weighted by Gasteiger charge is 2.33. The van der Waals surface area contributed by atoms with Crippen molar-refractivity contribution in [3.8, 4) is 0 Å². The van der Waals surface area contributed by atoms with Gasteiger partial charge in [-0.2, -0.15) is 4.72 Å². The SMILES string of the molecule is C[NH+]1CCC([NH+](C)CC(C)(C)NS(=O)(=O)c2ccccc2)CC1. The van der Waals surface area contributed by atoms with Gasteiger partial charge in [0.25, 0.3) is 0 Å². The summed E-state index contributed by atoms with van der Waals surface area (Å²) >= 11 is 0. The highest BCUT2D eigenvalue weighted by molar-refractivity contribution is 7.89. The van der Waals surface area contributed by atoms with Crippen LogP contribution in [0.5, 0.6) is 0 Å². The van der Waals surface area contributed by atoms with Crippen LogP contribution in [0.15, 0.2) is 35.2 Å². The van der Waals surface area contributed by atoms with Gasteiger partial charge in [0.2, 0.25) is 10.0 Å². The van der Waals surface area contributed by atoms with Crippen LogP contribution in [-0.2, 0) is 10.0 Å². The molecule has 1 saturated heterocycles. The van der Waals surface area contributed by atoms with Gasteiger partial charge in [0.05, 0.1) is 50.2 Å². The van der Waals surface area contributed by atoms with Gasteiger partial charge in [-0.05, 0) is 26.0 Å². The summed E-state index contributed by atoms with van der Waals surface area (Å²) in [4.78, 5) is 3.34. The number of quaternary nitrogens is 2. The molecule has 1 aliphatic rings. The van der Waals surface area contributed by atoms with Crippen molar-refractivity contribution in [2.75, 3.05) is 33.7 Å². The van der Waals surface area contributed by atoms with E-state index >= 15 is 0 Å². The van der Waals surface area contributed by atoms with Crippen molar-refractivity contribution in [3.63, 3.8) is 0 Å². The molecule has 5 nitrogen and oxygen atoms in total. The van der Waals surface area contributed by atoms with Crippen molar-refractivity contribution in [2.24, 2.45) is 0 Å². The molecule has 2 rings (SSSR count). The molecule has 1 fully saturated rings. The molecule has 1 aliphatic heterocycles.